The van der Waals surface area contributed by atoms with Gasteiger partial charge in [-0.2, -0.15) is 0 Å². The molecule has 4 aromatic rings. The molecule has 0 spiro atoms. The number of unbranched alkanes of at least 4 members (excludes halogenated alkanes) is 2. The number of carbonyl (C=O) groups excluding carboxylic acids is 2. The standard InChI is InChI=1S/C34H41N5O3/c1-4-27(40)12-6-5-7-13-32(38-33(41)19-29-23(2)36-31-15-14-28(42-3)18-30(29)31)34-35-20-26(37-34)22-39-17-16-24-10-8-9-11-25(24)21-39/h8-11,14-15,18,20-21,32,36H,4-7,12-13,16-17,19,22H2,1-3H3,(H-,35,37,38,41)/p+1. The molecule has 2 aromatic heterocycles. The second-order valence-corrected chi connectivity index (χ2v) is 11.3. The number of amides is 1. The molecule has 0 radical (unpaired) electrons. The summed E-state index contributed by atoms with van der Waals surface area (Å²) >= 11 is 0. The normalized spacial score (nSPS) is 13.5. The summed E-state index contributed by atoms with van der Waals surface area (Å²) in [4.78, 5) is 36.8. The van der Waals surface area contributed by atoms with E-state index in [-0.39, 0.29) is 18.4 Å². The zero-order chi connectivity index (χ0) is 29.5. The van der Waals surface area contributed by atoms with Crippen LogP contribution in [0.25, 0.3) is 10.9 Å². The van der Waals surface area contributed by atoms with Crippen molar-refractivity contribution in [1.82, 2.24) is 20.3 Å². The molecule has 8 heteroatoms. The van der Waals surface area contributed by atoms with Gasteiger partial charge in [0.25, 0.3) is 0 Å². The number of rotatable bonds is 14. The van der Waals surface area contributed by atoms with Gasteiger partial charge in [0.15, 0.2) is 12.8 Å². The highest BCUT2D eigenvalue weighted by molar-refractivity contribution is 5.91. The van der Waals surface area contributed by atoms with Gasteiger partial charge in [-0.15, -0.1) is 0 Å². The lowest BCUT2D eigenvalue weighted by Gasteiger charge is -2.17. The number of ketones is 1. The number of H-pyrrole nitrogens is 2. The molecule has 1 aliphatic heterocycles. The Hall–Kier alpha value is -4.20. The zero-order valence-electron chi connectivity index (χ0n) is 25.0. The van der Waals surface area contributed by atoms with Crippen molar-refractivity contribution in [3.63, 3.8) is 0 Å². The van der Waals surface area contributed by atoms with Crippen molar-refractivity contribution in [1.29, 1.82) is 0 Å². The number of benzene rings is 2. The molecule has 0 aliphatic carbocycles. The third-order valence-corrected chi connectivity index (χ3v) is 8.24. The largest absolute Gasteiger partial charge is 0.497 e. The van der Waals surface area contributed by atoms with Gasteiger partial charge in [0.2, 0.25) is 5.91 Å². The highest BCUT2D eigenvalue weighted by Gasteiger charge is 2.22. The van der Waals surface area contributed by atoms with Crippen molar-refractivity contribution in [3.05, 3.63) is 82.6 Å². The van der Waals surface area contributed by atoms with Gasteiger partial charge in [-0.1, -0.05) is 38.0 Å². The Morgan fingerprint density at radius 1 is 1.12 bits per heavy atom. The van der Waals surface area contributed by atoms with E-state index in [2.05, 4.69) is 50.3 Å². The van der Waals surface area contributed by atoms with Crippen molar-refractivity contribution in [2.45, 2.75) is 77.8 Å². The van der Waals surface area contributed by atoms with E-state index in [1.54, 1.807) is 7.11 Å². The summed E-state index contributed by atoms with van der Waals surface area (Å²) in [6, 6.07) is 14.2. The number of imidazole rings is 1. The number of aryl methyl sites for hydroxylation is 1. The minimum atomic E-state index is -0.237. The van der Waals surface area contributed by atoms with Crippen molar-refractivity contribution >= 4 is 28.8 Å². The Kier molecular flexibility index (Phi) is 9.52. The average Bonchev–Trinajstić information content (AvgIpc) is 3.59. The van der Waals surface area contributed by atoms with Crippen molar-refractivity contribution in [2.75, 3.05) is 13.7 Å². The van der Waals surface area contributed by atoms with E-state index in [1.807, 2.05) is 38.2 Å². The first-order valence-electron chi connectivity index (χ1n) is 15.1. The summed E-state index contributed by atoms with van der Waals surface area (Å²) in [5.74, 6) is 1.79. The molecule has 0 saturated heterocycles. The van der Waals surface area contributed by atoms with Crippen molar-refractivity contribution in [3.8, 4) is 5.75 Å². The fourth-order valence-corrected chi connectivity index (χ4v) is 5.81. The maximum absolute atomic E-state index is 13.4. The molecule has 1 atom stereocenters. The first-order chi connectivity index (χ1) is 20.4. The number of fused-ring (bicyclic) bond motifs is 2. The van der Waals surface area contributed by atoms with Gasteiger partial charge >= 0.3 is 0 Å². The second-order valence-electron chi connectivity index (χ2n) is 11.3. The average molecular weight is 569 g/mol. The van der Waals surface area contributed by atoms with Crippen LogP contribution in [0.2, 0.25) is 0 Å². The molecular formula is C34H42N5O3+. The van der Waals surface area contributed by atoms with Crippen molar-refractivity contribution < 1.29 is 18.9 Å². The summed E-state index contributed by atoms with van der Waals surface area (Å²) in [6.07, 6.45) is 10.1. The first kappa shape index (κ1) is 29.3. The number of aromatic nitrogens is 3. The van der Waals surface area contributed by atoms with E-state index >= 15 is 0 Å². The molecule has 3 heterocycles. The number of nitrogens with zero attached hydrogens (tertiary/aromatic N) is 2. The van der Waals surface area contributed by atoms with E-state index in [0.717, 1.165) is 84.6 Å². The molecular weight excluding hydrogens is 526 g/mol. The maximum Gasteiger partial charge on any atom is 0.225 e. The zero-order valence-corrected chi connectivity index (χ0v) is 25.0. The van der Waals surface area contributed by atoms with E-state index < -0.39 is 0 Å². The molecule has 220 valence electrons. The second kappa shape index (κ2) is 13.6. The van der Waals surface area contributed by atoms with Crippen LogP contribution in [0.3, 0.4) is 0 Å². The number of methoxy groups -OCH3 is 1. The Morgan fingerprint density at radius 2 is 1.98 bits per heavy atom. The van der Waals surface area contributed by atoms with Crippen LogP contribution in [-0.2, 0) is 29.0 Å². The smallest absolute Gasteiger partial charge is 0.225 e. The number of carbonyl (C=O) groups is 2. The third-order valence-electron chi connectivity index (χ3n) is 8.24. The SMILES string of the molecule is CCC(=O)CCCCCC(NC(=O)Cc1c(C)[nH]c2ccc(OC)cc12)c1ncc(C[N+]2=Cc3ccccc3CC2)[nH]1. The van der Waals surface area contributed by atoms with E-state index in [1.165, 1.54) is 11.1 Å². The van der Waals surface area contributed by atoms with Crippen LogP contribution < -0.4 is 10.1 Å². The van der Waals surface area contributed by atoms with Gasteiger partial charge in [0.1, 0.15) is 29.6 Å². The Balaban J connectivity index is 1.29. The summed E-state index contributed by atoms with van der Waals surface area (Å²) in [7, 11) is 1.65. The summed E-state index contributed by atoms with van der Waals surface area (Å²) < 4.78 is 7.73. The molecule has 1 amide bonds. The Bertz CT molecular complexity index is 1580. The van der Waals surface area contributed by atoms with Crippen LogP contribution in [0.5, 0.6) is 5.75 Å². The predicted molar refractivity (Wildman–Crippen MR) is 165 cm³/mol. The highest BCUT2D eigenvalue weighted by atomic mass is 16.5. The summed E-state index contributed by atoms with van der Waals surface area (Å²) in [5, 5.41) is 4.27. The molecule has 1 aliphatic rings. The molecule has 1 unspecified atom stereocenters. The third kappa shape index (κ3) is 7.16. The lowest BCUT2D eigenvalue weighted by molar-refractivity contribution is -0.540. The van der Waals surface area contributed by atoms with E-state index in [4.69, 9.17) is 9.72 Å². The predicted octanol–water partition coefficient (Wildman–Crippen LogP) is 5.73. The van der Waals surface area contributed by atoms with Crippen LogP contribution in [0, 0.1) is 6.92 Å². The quantitative estimate of drug-likeness (QED) is 0.134. The molecule has 0 fully saturated rings. The van der Waals surface area contributed by atoms with Crippen LogP contribution in [0.15, 0.2) is 48.7 Å². The fraction of sp³-hybridized carbons (Fsp3) is 0.412. The lowest BCUT2D eigenvalue weighted by atomic mass is 10.0. The van der Waals surface area contributed by atoms with Crippen LogP contribution in [0.4, 0.5) is 0 Å². The van der Waals surface area contributed by atoms with E-state index in [0.29, 0.717) is 18.6 Å². The lowest BCUT2D eigenvalue weighted by Crippen LogP contribution is -2.31. The molecule has 5 rings (SSSR count). The maximum atomic E-state index is 13.4. The molecule has 8 nitrogen and oxygen atoms in total. The topological polar surface area (TPSA) is 103 Å². The van der Waals surface area contributed by atoms with Gasteiger partial charge in [0, 0.05) is 41.4 Å². The Morgan fingerprint density at radius 3 is 2.81 bits per heavy atom. The minimum absolute atomic E-state index is 0.0492. The van der Waals surface area contributed by atoms with Crippen LogP contribution in [0.1, 0.15) is 85.4 Å². The van der Waals surface area contributed by atoms with Gasteiger partial charge in [-0.3, -0.25) is 9.59 Å². The number of ether oxygens (including phenoxy) is 1. The number of nitrogens with one attached hydrogen (secondary N) is 3. The summed E-state index contributed by atoms with van der Waals surface area (Å²) in [6.45, 7) is 5.60. The number of Topliss-reactive ketones (excluding diaryl/α,β-unsaturated/α-hetero) is 1. The number of hydrogen-bond acceptors (Lipinski definition) is 4. The molecule has 2 aromatic carbocycles. The molecule has 0 bridgehead atoms. The highest BCUT2D eigenvalue weighted by Crippen LogP contribution is 2.27. The van der Waals surface area contributed by atoms with Crippen LogP contribution in [-0.4, -0.2) is 51.1 Å². The molecule has 42 heavy (non-hydrogen) atoms. The monoisotopic (exact) mass is 568 g/mol. The van der Waals surface area contributed by atoms with Crippen LogP contribution >= 0.6 is 0 Å². The van der Waals surface area contributed by atoms with E-state index in [9.17, 15) is 9.59 Å². The van der Waals surface area contributed by atoms with Gasteiger partial charge in [-0.25, -0.2) is 9.56 Å². The summed E-state index contributed by atoms with van der Waals surface area (Å²) in [5.41, 5.74) is 6.60. The van der Waals surface area contributed by atoms with Gasteiger partial charge in [0.05, 0.1) is 25.8 Å². The fourth-order valence-electron chi connectivity index (χ4n) is 5.81. The van der Waals surface area contributed by atoms with Gasteiger partial charge in [-0.05, 0) is 55.2 Å². The minimum Gasteiger partial charge on any atom is -0.497 e. The molecule has 3 N–H and O–H groups in total. The molecule has 0 saturated carbocycles. The van der Waals surface area contributed by atoms with Gasteiger partial charge < -0.3 is 20.0 Å². The van der Waals surface area contributed by atoms with Crippen molar-refractivity contribution in [2.24, 2.45) is 0 Å². The Labute approximate surface area is 247 Å². The first-order valence-corrected chi connectivity index (χ1v) is 15.1. The number of aromatic amines is 2. The number of hydrogen-bond donors (Lipinski definition) is 3.